The fourth-order valence-corrected chi connectivity index (χ4v) is 6.07. The number of ketones is 1. The van der Waals surface area contributed by atoms with Crippen molar-refractivity contribution in [2.75, 3.05) is 19.6 Å². The van der Waals surface area contributed by atoms with Gasteiger partial charge < -0.3 is 9.69 Å². The minimum atomic E-state index is 0.167. The van der Waals surface area contributed by atoms with Gasteiger partial charge in [0, 0.05) is 5.02 Å². The zero-order chi connectivity index (χ0) is 33.5. The van der Waals surface area contributed by atoms with Gasteiger partial charge in [0.1, 0.15) is 5.78 Å². The lowest BCUT2D eigenvalue weighted by Crippen LogP contribution is -2.20. The van der Waals surface area contributed by atoms with E-state index in [0.717, 1.165) is 27.7 Å². The molecule has 5 rings (SSSR count). The third kappa shape index (κ3) is 17.1. The number of halogens is 1. The van der Waals surface area contributed by atoms with E-state index in [1.807, 2.05) is 37.3 Å². The largest absolute Gasteiger partial charge is 0.303 e. The summed E-state index contributed by atoms with van der Waals surface area (Å²) in [7, 11) is 2.58. The number of carbonyl (C=O) groups is 1. The van der Waals surface area contributed by atoms with Gasteiger partial charge in [-0.15, -0.1) is 9.24 Å². The SMILES string of the molecule is CC(C)=O.CCC.CCC.CCCCCN1CCCC1.C[C@@H]1CCC2(c3cccc(C#N)c3)CC12.Cc1ccc(P)c(Cl)c1. The average Bonchev–Trinajstić information content (AvgIpc) is 3.32. The van der Waals surface area contributed by atoms with Crippen molar-refractivity contribution >= 4 is 31.9 Å². The Balaban J connectivity index is 0.000000563. The average molecular weight is 643 g/mol. The predicted molar refractivity (Wildman–Crippen MR) is 198 cm³/mol. The molecule has 3 nitrogen and oxygen atoms in total. The van der Waals surface area contributed by atoms with E-state index >= 15 is 0 Å². The Kier molecular flexibility index (Phi) is 23.5. The molecule has 248 valence electrons. The first-order valence-electron chi connectivity index (χ1n) is 17.2. The molecule has 0 spiro atoms. The van der Waals surface area contributed by atoms with Crippen molar-refractivity contribution in [3.63, 3.8) is 0 Å². The highest BCUT2D eigenvalue weighted by molar-refractivity contribution is 7.28. The Morgan fingerprint density at radius 2 is 1.61 bits per heavy atom. The first kappa shape index (κ1) is 42.3. The maximum atomic E-state index is 9.44. The normalized spacial score (nSPS) is 20.6. The smallest absolute Gasteiger partial charge is 0.126 e. The standard InChI is InChI=1S/C14H15N.C9H19N.C7H8ClP.C3H6O.2C3H8/c1-10-5-6-14(8-13(10)14)12-4-2-3-11(7-12)9-15;1-2-3-4-7-10-8-5-6-9-10;1-5-2-3-7(9)6(8)4-5;1-3(2)4;2*1-3-2/h2-4,7,10,13H,5-6,8H2,1H3;2-9H2,1H3;2-4H,9H2,1H3;1-2H3;2*3H2,1-2H3/t10-,13?,14?;;;;;/m1...../s1. The first-order valence-corrected chi connectivity index (χ1v) is 18.1. The molecule has 0 aromatic heterocycles. The lowest BCUT2D eigenvalue weighted by molar-refractivity contribution is -0.115. The molecule has 2 aromatic rings. The Hall–Kier alpha value is -1.72. The Morgan fingerprint density at radius 1 is 1.02 bits per heavy atom. The van der Waals surface area contributed by atoms with Gasteiger partial charge in [-0.1, -0.05) is 103 Å². The van der Waals surface area contributed by atoms with Crippen LogP contribution in [0.5, 0.6) is 0 Å². The van der Waals surface area contributed by atoms with Crippen LogP contribution in [0.4, 0.5) is 0 Å². The van der Waals surface area contributed by atoms with Crippen LogP contribution in [-0.2, 0) is 10.2 Å². The van der Waals surface area contributed by atoms with E-state index in [4.69, 9.17) is 16.9 Å². The van der Waals surface area contributed by atoms with Gasteiger partial charge in [0.15, 0.2) is 0 Å². The Bertz CT molecular complexity index is 1090. The van der Waals surface area contributed by atoms with Crippen molar-refractivity contribution in [3.05, 3.63) is 64.2 Å². The van der Waals surface area contributed by atoms with Crippen molar-refractivity contribution in [1.82, 2.24) is 4.90 Å². The fourth-order valence-electron chi connectivity index (χ4n) is 5.65. The van der Waals surface area contributed by atoms with Crippen LogP contribution >= 0.6 is 20.8 Å². The number of fused-ring (bicyclic) bond motifs is 1. The second kappa shape index (κ2) is 24.5. The molecule has 0 N–H and O–H groups in total. The zero-order valence-corrected chi connectivity index (χ0v) is 31.6. The van der Waals surface area contributed by atoms with Crippen LogP contribution in [0.25, 0.3) is 0 Å². The predicted octanol–water partition coefficient (Wildman–Crippen LogP) is 11.1. The molecule has 44 heavy (non-hydrogen) atoms. The van der Waals surface area contributed by atoms with Gasteiger partial charge in [-0.3, -0.25) is 0 Å². The zero-order valence-electron chi connectivity index (χ0n) is 29.6. The Morgan fingerprint density at radius 3 is 2.05 bits per heavy atom. The van der Waals surface area contributed by atoms with Crippen LogP contribution in [0.2, 0.25) is 5.02 Å². The van der Waals surface area contributed by atoms with E-state index in [9.17, 15) is 4.79 Å². The molecule has 0 radical (unpaired) electrons. The summed E-state index contributed by atoms with van der Waals surface area (Å²) >= 11 is 5.79. The highest BCUT2D eigenvalue weighted by Crippen LogP contribution is 2.66. The number of nitriles is 1. The number of Topliss-reactive ketones (excluding diaryl/α,β-unsaturated/α-hetero) is 1. The molecule has 2 aromatic carbocycles. The number of aryl methyl sites for hydroxylation is 1. The molecule has 0 amide bonds. The van der Waals surface area contributed by atoms with Crippen LogP contribution in [-0.4, -0.2) is 30.3 Å². The van der Waals surface area contributed by atoms with Gasteiger partial charge in [0.05, 0.1) is 11.6 Å². The lowest BCUT2D eigenvalue weighted by atomic mass is 9.92. The summed E-state index contributed by atoms with van der Waals surface area (Å²) in [6.07, 6.45) is 13.6. The summed E-state index contributed by atoms with van der Waals surface area (Å²) in [4.78, 5) is 12.0. The van der Waals surface area contributed by atoms with Crippen molar-refractivity contribution in [2.45, 2.75) is 132 Å². The summed E-state index contributed by atoms with van der Waals surface area (Å²) in [6, 6.07) is 16.4. The third-order valence-corrected chi connectivity index (χ3v) is 8.88. The van der Waals surface area contributed by atoms with E-state index in [-0.39, 0.29) is 5.78 Å². The molecule has 1 aliphatic heterocycles. The number of hydrogen-bond acceptors (Lipinski definition) is 3. The molecular weight excluding hydrogens is 579 g/mol. The number of rotatable bonds is 5. The number of unbranched alkanes of at least 4 members (excludes halogenated alkanes) is 2. The second-order valence-corrected chi connectivity index (χ2v) is 13.8. The van der Waals surface area contributed by atoms with Gasteiger partial charge in [0.2, 0.25) is 0 Å². The maximum Gasteiger partial charge on any atom is 0.126 e. The van der Waals surface area contributed by atoms with E-state index in [0.29, 0.717) is 5.41 Å². The molecule has 0 bridgehead atoms. The van der Waals surface area contributed by atoms with Gasteiger partial charge >= 0.3 is 0 Å². The van der Waals surface area contributed by atoms with Gasteiger partial charge in [0.25, 0.3) is 0 Å². The van der Waals surface area contributed by atoms with E-state index in [2.05, 4.69) is 73.9 Å². The highest BCUT2D eigenvalue weighted by atomic mass is 35.5. The summed E-state index contributed by atoms with van der Waals surface area (Å²) in [5, 5.41) is 10.8. The minimum absolute atomic E-state index is 0.167. The molecule has 1 heterocycles. The summed E-state index contributed by atoms with van der Waals surface area (Å²) in [6.45, 7) is 22.3. The van der Waals surface area contributed by atoms with Crippen molar-refractivity contribution in [1.29, 1.82) is 5.26 Å². The van der Waals surface area contributed by atoms with Crippen LogP contribution in [0, 0.1) is 30.1 Å². The molecule has 3 aliphatic rings. The van der Waals surface area contributed by atoms with Gasteiger partial charge in [-0.25, -0.2) is 0 Å². The van der Waals surface area contributed by atoms with E-state index < -0.39 is 0 Å². The molecule has 2 saturated carbocycles. The molecule has 4 atom stereocenters. The number of nitrogens with zero attached hydrogens (tertiary/aromatic N) is 2. The maximum absolute atomic E-state index is 9.44. The summed E-state index contributed by atoms with van der Waals surface area (Å²) in [5.74, 6) is 1.95. The molecule has 5 heteroatoms. The quantitative estimate of drug-likeness (QED) is 0.241. The van der Waals surface area contributed by atoms with Crippen molar-refractivity contribution < 1.29 is 4.79 Å². The third-order valence-electron chi connectivity index (χ3n) is 7.87. The lowest BCUT2D eigenvalue weighted by Gasteiger charge is -2.12. The van der Waals surface area contributed by atoms with Gasteiger partial charge in [-0.05, 0) is 131 Å². The monoisotopic (exact) mass is 642 g/mol. The molecular formula is C39H64ClN2OP. The summed E-state index contributed by atoms with van der Waals surface area (Å²) in [5.41, 5.74) is 3.89. The number of carbonyl (C=O) groups excluding carboxylic acids is 1. The van der Waals surface area contributed by atoms with Crippen LogP contribution < -0.4 is 5.30 Å². The van der Waals surface area contributed by atoms with Crippen LogP contribution in [0.15, 0.2) is 42.5 Å². The van der Waals surface area contributed by atoms with Crippen LogP contribution in [0.3, 0.4) is 0 Å². The molecule has 2 aliphatic carbocycles. The molecule has 3 fully saturated rings. The first-order chi connectivity index (χ1) is 21.0. The van der Waals surface area contributed by atoms with E-state index in [1.54, 1.807) is 0 Å². The fraction of sp³-hybridized carbons (Fsp3) is 0.641. The summed E-state index contributed by atoms with van der Waals surface area (Å²) < 4.78 is 0. The number of benzene rings is 2. The van der Waals surface area contributed by atoms with E-state index in [1.165, 1.54) is 109 Å². The molecule has 1 saturated heterocycles. The number of hydrogen-bond donors (Lipinski definition) is 0. The van der Waals surface area contributed by atoms with Crippen molar-refractivity contribution in [2.24, 2.45) is 11.8 Å². The molecule has 3 unspecified atom stereocenters. The topological polar surface area (TPSA) is 44.1 Å². The second-order valence-electron chi connectivity index (χ2n) is 12.8. The number of likely N-dealkylation sites (tertiary alicyclic amines) is 1. The van der Waals surface area contributed by atoms with Gasteiger partial charge in [-0.2, -0.15) is 5.26 Å². The van der Waals surface area contributed by atoms with Crippen molar-refractivity contribution in [3.8, 4) is 6.07 Å². The Labute approximate surface area is 279 Å². The highest BCUT2D eigenvalue weighted by Gasteiger charge is 2.60. The minimum Gasteiger partial charge on any atom is -0.303 e. The van der Waals surface area contributed by atoms with Crippen LogP contribution in [0.1, 0.15) is 136 Å².